The quantitative estimate of drug-likeness (QED) is 0.822. The van der Waals surface area contributed by atoms with E-state index in [-0.39, 0.29) is 0 Å². The molecule has 0 amide bonds. The van der Waals surface area contributed by atoms with Gasteiger partial charge in [0.15, 0.2) is 0 Å². The third kappa shape index (κ3) is 4.39. The maximum atomic E-state index is 12.1. The highest BCUT2D eigenvalue weighted by Crippen LogP contribution is 2.27. The van der Waals surface area contributed by atoms with Gasteiger partial charge in [-0.05, 0) is 42.9 Å². The van der Waals surface area contributed by atoms with Gasteiger partial charge >= 0.3 is 0 Å². The molecule has 1 aliphatic heterocycles. The van der Waals surface area contributed by atoms with Gasteiger partial charge in [-0.25, -0.2) is 0 Å². The molecule has 1 nitrogen and oxygen atoms in total. The summed E-state index contributed by atoms with van der Waals surface area (Å²) < 4.78 is 24.3. The van der Waals surface area contributed by atoms with Crippen molar-refractivity contribution in [3.05, 3.63) is 24.3 Å². The molecule has 1 aromatic rings. The molecule has 0 bridgehead atoms. The molecule has 1 N–H and O–H groups in total. The van der Waals surface area contributed by atoms with Crippen LogP contribution in [0.3, 0.4) is 0 Å². The van der Waals surface area contributed by atoms with Crippen molar-refractivity contribution in [2.45, 2.75) is 29.5 Å². The summed E-state index contributed by atoms with van der Waals surface area (Å²) in [7, 11) is 0. The number of benzene rings is 1. The van der Waals surface area contributed by atoms with Gasteiger partial charge in [0.2, 0.25) is 0 Å². The van der Waals surface area contributed by atoms with Crippen molar-refractivity contribution in [3.63, 3.8) is 0 Å². The molecule has 0 aromatic heterocycles. The van der Waals surface area contributed by atoms with E-state index in [1.165, 1.54) is 18.6 Å². The Hall–Kier alpha value is -0.420. The van der Waals surface area contributed by atoms with E-state index in [0.29, 0.717) is 22.7 Å². The van der Waals surface area contributed by atoms with Crippen molar-refractivity contribution in [2.75, 3.05) is 16.8 Å². The zero-order valence-electron chi connectivity index (χ0n) is 9.36. The second kappa shape index (κ2) is 6.50. The van der Waals surface area contributed by atoms with Gasteiger partial charge in [-0.2, -0.15) is 20.5 Å². The summed E-state index contributed by atoms with van der Waals surface area (Å²) in [6.07, 6.45) is 2.45. The van der Waals surface area contributed by atoms with Crippen molar-refractivity contribution in [3.8, 4) is 0 Å². The molecule has 0 saturated carbocycles. The van der Waals surface area contributed by atoms with Crippen LogP contribution >= 0.6 is 23.5 Å². The first-order valence-corrected chi connectivity index (χ1v) is 7.66. The molecule has 0 aliphatic carbocycles. The summed E-state index contributed by atoms with van der Waals surface area (Å²) in [4.78, 5) is 0.614. The topological polar surface area (TPSA) is 12.0 Å². The summed E-state index contributed by atoms with van der Waals surface area (Å²) in [5.41, 5.74) is 1.02. The lowest BCUT2D eigenvalue weighted by molar-refractivity contribution is 0.252. The van der Waals surface area contributed by atoms with Gasteiger partial charge in [0.25, 0.3) is 5.76 Å². The van der Waals surface area contributed by atoms with Gasteiger partial charge in [0.05, 0.1) is 0 Å². The molecular formula is C12H15F2NS2. The lowest BCUT2D eigenvalue weighted by Gasteiger charge is -2.23. The van der Waals surface area contributed by atoms with E-state index in [4.69, 9.17) is 0 Å². The summed E-state index contributed by atoms with van der Waals surface area (Å²) in [6, 6.07) is 7.76. The lowest BCUT2D eigenvalue weighted by atomic mass is 10.2. The van der Waals surface area contributed by atoms with E-state index in [1.807, 2.05) is 23.9 Å². The van der Waals surface area contributed by atoms with Gasteiger partial charge in [-0.15, -0.1) is 0 Å². The molecule has 1 atom stereocenters. The zero-order valence-corrected chi connectivity index (χ0v) is 11.0. The molecule has 1 saturated heterocycles. The van der Waals surface area contributed by atoms with Crippen LogP contribution in [0.15, 0.2) is 29.2 Å². The summed E-state index contributed by atoms with van der Waals surface area (Å²) >= 11 is 2.56. The number of nitrogens with one attached hydrogen (secondary N) is 1. The highest BCUT2D eigenvalue weighted by molar-refractivity contribution is 7.99. The third-order valence-electron chi connectivity index (χ3n) is 2.61. The van der Waals surface area contributed by atoms with Gasteiger partial charge in [0, 0.05) is 22.4 Å². The highest BCUT2D eigenvalue weighted by Gasteiger charge is 2.13. The molecule has 2 rings (SSSR count). The summed E-state index contributed by atoms with van der Waals surface area (Å²) in [5.74, 6) is 0.0407. The van der Waals surface area contributed by atoms with Gasteiger partial charge < -0.3 is 5.32 Å². The predicted octanol–water partition coefficient (Wildman–Crippen LogP) is 4.31. The lowest BCUT2D eigenvalue weighted by Crippen LogP contribution is -2.25. The Labute approximate surface area is 109 Å². The number of hydrogen-bond acceptors (Lipinski definition) is 3. The number of rotatable bonds is 4. The molecule has 0 spiro atoms. The molecule has 0 radical (unpaired) electrons. The average Bonchev–Trinajstić information content (AvgIpc) is 2.32. The van der Waals surface area contributed by atoms with Crippen molar-refractivity contribution in [2.24, 2.45) is 0 Å². The second-order valence-corrected chi connectivity index (χ2v) is 6.17. The molecule has 1 aromatic carbocycles. The van der Waals surface area contributed by atoms with Crippen LogP contribution in [0, 0.1) is 0 Å². The molecule has 94 valence electrons. The second-order valence-electron chi connectivity index (χ2n) is 3.96. The number of alkyl halides is 2. The number of hydrogen-bond donors (Lipinski definition) is 1. The smallest absolute Gasteiger partial charge is 0.288 e. The Morgan fingerprint density at radius 2 is 2.06 bits per heavy atom. The zero-order chi connectivity index (χ0) is 12.1. The van der Waals surface area contributed by atoms with Crippen molar-refractivity contribution >= 4 is 29.2 Å². The number of anilines is 1. The van der Waals surface area contributed by atoms with Crippen LogP contribution in [0.4, 0.5) is 14.5 Å². The van der Waals surface area contributed by atoms with E-state index < -0.39 is 5.76 Å². The fourth-order valence-corrected chi connectivity index (χ4v) is 3.39. The minimum atomic E-state index is -2.34. The fourth-order valence-electron chi connectivity index (χ4n) is 1.82. The third-order valence-corrected chi connectivity index (χ3v) is 4.55. The minimum absolute atomic E-state index is 0.516. The van der Waals surface area contributed by atoms with Crippen LogP contribution < -0.4 is 5.32 Å². The first-order chi connectivity index (χ1) is 8.24. The van der Waals surface area contributed by atoms with E-state index in [1.54, 1.807) is 12.1 Å². The van der Waals surface area contributed by atoms with Gasteiger partial charge in [0.1, 0.15) is 0 Å². The van der Waals surface area contributed by atoms with E-state index in [2.05, 4.69) is 5.32 Å². The summed E-state index contributed by atoms with van der Waals surface area (Å²) in [6.45, 7) is 0. The largest absolute Gasteiger partial charge is 0.381 e. The molecule has 1 fully saturated rings. The Kier molecular flexibility index (Phi) is 4.98. The van der Waals surface area contributed by atoms with Crippen LogP contribution in [0.2, 0.25) is 0 Å². The van der Waals surface area contributed by atoms with Crippen LogP contribution in [0.5, 0.6) is 0 Å². The van der Waals surface area contributed by atoms with E-state index >= 15 is 0 Å². The molecule has 1 aliphatic rings. The number of thioether (sulfide) groups is 2. The van der Waals surface area contributed by atoms with E-state index in [9.17, 15) is 8.78 Å². The first-order valence-electron chi connectivity index (χ1n) is 5.63. The Balaban J connectivity index is 1.88. The highest BCUT2D eigenvalue weighted by atomic mass is 32.2. The van der Waals surface area contributed by atoms with Crippen LogP contribution in [-0.4, -0.2) is 23.3 Å². The van der Waals surface area contributed by atoms with Gasteiger partial charge in [-0.3, -0.25) is 0 Å². The standard InChI is InChI=1S/C12H15F2NS2/c13-12(14)17-11-5-3-9(4-6-11)15-10-2-1-7-16-8-10/h3-6,10,12,15H,1-2,7-8H2. The van der Waals surface area contributed by atoms with E-state index in [0.717, 1.165) is 11.4 Å². The van der Waals surface area contributed by atoms with Crippen molar-refractivity contribution in [1.82, 2.24) is 0 Å². The van der Waals surface area contributed by atoms with Crippen LogP contribution in [-0.2, 0) is 0 Å². The molecule has 1 heterocycles. The SMILES string of the molecule is FC(F)Sc1ccc(NC2CCCSC2)cc1. The normalized spacial score (nSPS) is 20.5. The summed E-state index contributed by atoms with van der Waals surface area (Å²) in [5, 5.41) is 3.44. The molecular weight excluding hydrogens is 260 g/mol. The Bertz CT molecular complexity index is 337. The maximum absolute atomic E-state index is 12.1. The van der Waals surface area contributed by atoms with Crippen molar-refractivity contribution in [1.29, 1.82) is 0 Å². The van der Waals surface area contributed by atoms with Crippen LogP contribution in [0.25, 0.3) is 0 Å². The molecule has 1 unspecified atom stereocenters. The molecule has 17 heavy (non-hydrogen) atoms. The Morgan fingerprint density at radius 3 is 2.65 bits per heavy atom. The maximum Gasteiger partial charge on any atom is 0.288 e. The fraction of sp³-hybridized carbons (Fsp3) is 0.500. The average molecular weight is 275 g/mol. The molecule has 5 heteroatoms. The Morgan fingerprint density at radius 1 is 1.29 bits per heavy atom. The van der Waals surface area contributed by atoms with Crippen LogP contribution in [0.1, 0.15) is 12.8 Å². The first kappa shape index (κ1) is 13.0. The minimum Gasteiger partial charge on any atom is -0.381 e. The number of halogens is 2. The van der Waals surface area contributed by atoms with Gasteiger partial charge in [-0.1, -0.05) is 11.8 Å². The monoisotopic (exact) mass is 275 g/mol. The predicted molar refractivity (Wildman–Crippen MR) is 72.3 cm³/mol. The van der Waals surface area contributed by atoms with Crippen molar-refractivity contribution < 1.29 is 8.78 Å².